The van der Waals surface area contributed by atoms with Gasteiger partial charge in [0, 0.05) is 18.8 Å². The monoisotopic (exact) mass is 287 g/mol. The predicted octanol–water partition coefficient (Wildman–Crippen LogP) is 3.17. The summed E-state index contributed by atoms with van der Waals surface area (Å²) in [6.07, 6.45) is 1.64. The number of halogens is 3. The molecule has 1 saturated carbocycles. The van der Waals surface area contributed by atoms with Crippen molar-refractivity contribution in [2.75, 3.05) is 5.32 Å². The van der Waals surface area contributed by atoms with E-state index in [1.54, 1.807) is 0 Å². The number of nitrogens with zero attached hydrogens (tertiary/aromatic N) is 2. The molecular weight excluding hydrogens is 271 g/mol. The van der Waals surface area contributed by atoms with Crippen molar-refractivity contribution in [1.82, 2.24) is 9.97 Å². The Bertz CT molecular complexity index is 442. The molecule has 0 aromatic carbocycles. The highest BCUT2D eigenvalue weighted by molar-refractivity contribution is 5.89. The van der Waals surface area contributed by atoms with Crippen LogP contribution >= 0.6 is 0 Å². The van der Waals surface area contributed by atoms with Gasteiger partial charge in [0.15, 0.2) is 5.82 Å². The third-order valence-corrected chi connectivity index (χ3v) is 3.61. The zero-order valence-electron chi connectivity index (χ0n) is 10.9. The lowest BCUT2D eigenvalue weighted by Crippen LogP contribution is -2.29. The number of rotatable bonds is 3. The smallest absolute Gasteiger partial charge is 0.309 e. The van der Waals surface area contributed by atoms with Crippen molar-refractivity contribution >= 4 is 11.7 Å². The Kier molecular flexibility index (Phi) is 4.57. The molecule has 0 unspecified atom stereocenters. The van der Waals surface area contributed by atoms with Gasteiger partial charge in [-0.3, -0.25) is 9.78 Å². The molecule has 1 fully saturated rings. The van der Waals surface area contributed by atoms with Gasteiger partial charge in [-0.25, -0.2) is 4.98 Å². The first-order chi connectivity index (χ1) is 9.45. The molecule has 0 aliphatic heterocycles. The SMILES string of the molecule is O=C(CC1CCC(C(F)(F)F)CC1)Nc1cnccn1. The highest BCUT2D eigenvalue weighted by atomic mass is 19.4. The minimum Gasteiger partial charge on any atom is -0.309 e. The van der Waals surface area contributed by atoms with Crippen molar-refractivity contribution in [3.05, 3.63) is 18.6 Å². The van der Waals surface area contributed by atoms with Crippen LogP contribution in [0.1, 0.15) is 32.1 Å². The summed E-state index contributed by atoms with van der Waals surface area (Å²) in [6, 6.07) is 0. The molecule has 0 spiro atoms. The zero-order valence-corrected chi connectivity index (χ0v) is 10.9. The van der Waals surface area contributed by atoms with Crippen LogP contribution in [0.2, 0.25) is 0 Å². The number of carbonyl (C=O) groups excluding carboxylic acids is 1. The second-order valence-electron chi connectivity index (χ2n) is 5.10. The van der Waals surface area contributed by atoms with E-state index in [1.807, 2.05) is 0 Å². The van der Waals surface area contributed by atoms with Gasteiger partial charge in [-0.15, -0.1) is 0 Å². The summed E-state index contributed by atoms with van der Waals surface area (Å²) in [7, 11) is 0. The van der Waals surface area contributed by atoms with Crippen molar-refractivity contribution in [1.29, 1.82) is 0 Å². The Morgan fingerprint density at radius 3 is 2.50 bits per heavy atom. The minimum absolute atomic E-state index is 0.0188. The summed E-state index contributed by atoms with van der Waals surface area (Å²) >= 11 is 0. The summed E-state index contributed by atoms with van der Waals surface area (Å²) in [5, 5.41) is 2.60. The number of hydrogen-bond acceptors (Lipinski definition) is 3. The first kappa shape index (κ1) is 14.7. The van der Waals surface area contributed by atoms with E-state index in [2.05, 4.69) is 15.3 Å². The highest BCUT2D eigenvalue weighted by Crippen LogP contribution is 2.40. The van der Waals surface area contributed by atoms with Gasteiger partial charge >= 0.3 is 6.18 Å². The fraction of sp³-hybridized carbons (Fsp3) is 0.615. The highest BCUT2D eigenvalue weighted by Gasteiger charge is 2.41. The van der Waals surface area contributed by atoms with Crippen molar-refractivity contribution in [3.8, 4) is 0 Å². The molecular formula is C13H16F3N3O. The predicted molar refractivity (Wildman–Crippen MR) is 66.8 cm³/mol. The average Bonchev–Trinajstić information content (AvgIpc) is 2.39. The maximum absolute atomic E-state index is 12.5. The number of amides is 1. The topological polar surface area (TPSA) is 54.9 Å². The molecule has 1 amide bonds. The molecule has 2 rings (SSSR count). The molecule has 1 aromatic heterocycles. The minimum atomic E-state index is -4.10. The van der Waals surface area contributed by atoms with E-state index < -0.39 is 12.1 Å². The molecule has 0 saturated heterocycles. The largest absolute Gasteiger partial charge is 0.391 e. The Hall–Kier alpha value is -1.66. The number of alkyl halides is 3. The molecule has 0 atom stereocenters. The quantitative estimate of drug-likeness (QED) is 0.929. The molecule has 110 valence electrons. The molecule has 1 heterocycles. The number of nitrogens with one attached hydrogen (secondary N) is 1. The number of anilines is 1. The van der Waals surface area contributed by atoms with Gasteiger partial charge in [0.25, 0.3) is 0 Å². The summed E-state index contributed by atoms with van der Waals surface area (Å²) in [5.41, 5.74) is 0. The molecule has 1 aliphatic carbocycles. The van der Waals surface area contributed by atoms with E-state index in [0.29, 0.717) is 18.7 Å². The van der Waals surface area contributed by atoms with Crippen molar-refractivity contribution in [2.24, 2.45) is 11.8 Å². The summed E-state index contributed by atoms with van der Waals surface area (Å²) in [5.74, 6) is -1.05. The van der Waals surface area contributed by atoms with Crippen LogP contribution in [0.5, 0.6) is 0 Å². The van der Waals surface area contributed by atoms with Crippen molar-refractivity contribution in [2.45, 2.75) is 38.3 Å². The number of carbonyl (C=O) groups is 1. The van der Waals surface area contributed by atoms with Crippen LogP contribution in [0, 0.1) is 11.8 Å². The molecule has 0 radical (unpaired) electrons. The fourth-order valence-electron chi connectivity index (χ4n) is 2.51. The Balaban J connectivity index is 1.77. The summed E-state index contributed by atoms with van der Waals surface area (Å²) in [4.78, 5) is 19.5. The van der Waals surface area contributed by atoms with E-state index in [9.17, 15) is 18.0 Å². The standard InChI is InChI=1S/C13H16F3N3O/c14-13(15,16)10-3-1-9(2-4-10)7-12(20)19-11-8-17-5-6-18-11/h5-6,8-10H,1-4,7H2,(H,18,19,20). The molecule has 20 heavy (non-hydrogen) atoms. The van der Waals surface area contributed by atoms with E-state index in [1.165, 1.54) is 18.6 Å². The lowest BCUT2D eigenvalue weighted by molar-refractivity contribution is -0.183. The van der Waals surface area contributed by atoms with Gasteiger partial charge in [0.2, 0.25) is 5.91 Å². The van der Waals surface area contributed by atoms with Gasteiger partial charge in [-0.1, -0.05) is 0 Å². The average molecular weight is 287 g/mol. The van der Waals surface area contributed by atoms with Crippen LogP contribution in [0.4, 0.5) is 19.0 Å². The molecule has 1 N–H and O–H groups in total. The van der Waals surface area contributed by atoms with Crippen LogP contribution in [0.15, 0.2) is 18.6 Å². The Morgan fingerprint density at radius 1 is 1.25 bits per heavy atom. The van der Waals surface area contributed by atoms with Crippen molar-refractivity contribution in [3.63, 3.8) is 0 Å². The van der Waals surface area contributed by atoms with Gasteiger partial charge < -0.3 is 5.32 Å². The van der Waals surface area contributed by atoms with Crippen molar-refractivity contribution < 1.29 is 18.0 Å². The number of hydrogen-bond donors (Lipinski definition) is 1. The molecule has 1 aromatic rings. The molecule has 0 bridgehead atoms. The Labute approximate surface area is 114 Å². The second kappa shape index (κ2) is 6.19. The Morgan fingerprint density at radius 2 is 1.95 bits per heavy atom. The molecule has 1 aliphatic rings. The fourth-order valence-corrected chi connectivity index (χ4v) is 2.51. The van der Waals surface area contributed by atoms with Gasteiger partial charge in [0.05, 0.1) is 12.1 Å². The summed E-state index contributed by atoms with van der Waals surface area (Å²) < 4.78 is 37.6. The number of aromatic nitrogens is 2. The van der Waals surface area contributed by atoms with E-state index in [4.69, 9.17) is 0 Å². The lowest BCUT2D eigenvalue weighted by atomic mass is 9.80. The van der Waals surface area contributed by atoms with Crippen LogP contribution in [-0.4, -0.2) is 22.1 Å². The normalized spacial score (nSPS) is 23.4. The van der Waals surface area contributed by atoms with Gasteiger partial charge in [-0.2, -0.15) is 13.2 Å². The van der Waals surface area contributed by atoms with Crippen LogP contribution in [0.3, 0.4) is 0 Å². The maximum atomic E-state index is 12.5. The third kappa shape index (κ3) is 4.18. The van der Waals surface area contributed by atoms with E-state index >= 15 is 0 Å². The lowest BCUT2D eigenvalue weighted by Gasteiger charge is -2.29. The first-order valence-corrected chi connectivity index (χ1v) is 6.57. The third-order valence-electron chi connectivity index (χ3n) is 3.61. The first-order valence-electron chi connectivity index (χ1n) is 6.57. The molecule has 4 nitrogen and oxygen atoms in total. The summed E-state index contributed by atoms with van der Waals surface area (Å²) in [6.45, 7) is 0. The second-order valence-corrected chi connectivity index (χ2v) is 5.10. The van der Waals surface area contributed by atoms with Gasteiger partial charge in [-0.05, 0) is 31.6 Å². The van der Waals surface area contributed by atoms with E-state index in [-0.39, 0.29) is 31.1 Å². The van der Waals surface area contributed by atoms with Gasteiger partial charge in [0.1, 0.15) is 0 Å². The van der Waals surface area contributed by atoms with Crippen LogP contribution in [0.25, 0.3) is 0 Å². The van der Waals surface area contributed by atoms with Crippen LogP contribution < -0.4 is 5.32 Å². The van der Waals surface area contributed by atoms with E-state index in [0.717, 1.165) is 0 Å². The maximum Gasteiger partial charge on any atom is 0.391 e. The van der Waals surface area contributed by atoms with Crippen LogP contribution in [-0.2, 0) is 4.79 Å². The zero-order chi connectivity index (χ0) is 14.6. The molecule has 7 heteroatoms.